The van der Waals surface area contributed by atoms with Gasteiger partial charge >= 0.3 is 0 Å². The summed E-state index contributed by atoms with van der Waals surface area (Å²) in [4.78, 5) is 25.9. The number of ketones is 1. The van der Waals surface area contributed by atoms with Crippen LogP contribution in [0.2, 0.25) is 5.02 Å². The Labute approximate surface area is 171 Å². The molecule has 0 atom stereocenters. The average molecular weight is 407 g/mol. The van der Waals surface area contributed by atoms with E-state index in [0.717, 1.165) is 5.52 Å². The van der Waals surface area contributed by atoms with Gasteiger partial charge in [0.05, 0.1) is 0 Å². The normalized spacial score (nSPS) is 10.9. The fourth-order valence-corrected chi connectivity index (χ4v) is 3.41. The highest BCUT2D eigenvalue weighted by Gasteiger charge is 2.25. The molecule has 0 saturated carbocycles. The molecule has 0 saturated heterocycles. The number of fused-ring (bicyclic) bond motifs is 1. The van der Waals surface area contributed by atoms with Crippen LogP contribution in [0.1, 0.15) is 16.1 Å². The molecule has 2 aromatic heterocycles. The number of aromatic nitrogens is 1. The molecule has 0 fully saturated rings. The van der Waals surface area contributed by atoms with Gasteiger partial charge in [0, 0.05) is 28.0 Å². The summed E-state index contributed by atoms with van der Waals surface area (Å²) in [6, 6.07) is 18.2. The van der Waals surface area contributed by atoms with Crippen LogP contribution in [0.3, 0.4) is 0 Å². The molecule has 2 heterocycles. The summed E-state index contributed by atoms with van der Waals surface area (Å²) in [5.74, 6) is -1.85. The largest absolute Gasteiger partial charge is 0.319 e. The number of amides is 1. The molecule has 0 aliphatic carbocycles. The molecule has 0 spiro atoms. The van der Waals surface area contributed by atoms with Crippen molar-refractivity contribution in [2.24, 2.45) is 0 Å². The Hall–Kier alpha value is -3.44. The van der Waals surface area contributed by atoms with Crippen LogP contribution in [0.25, 0.3) is 16.6 Å². The highest BCUT2D eigenvalue weighted by atomic mass is 35.5. The first-order valence-corrected chi connectivity index (χ1v) is 9.30. The van der Waals surface area contributed by atoms with E-state index < -0.39 is 11.7 Å². The van der Waals surface area contributed by atoms with Crippen LogP contribution < -0.4 is 5.32 Å². The van der Waals surface area contributed by atoms with Gasteiger partial charge in [-0.2, -0.15) is 0 Å². The van der Waals surface area contributed by atoms with Gasteiger partial charge in [0.15, 0.2) is 0 Å². The maximum Gasteiger partial charge on any atom is 0.298 e. The van der Waals surface area contributed by atoms with Crippen LogP contribution in [0.4, 0.5) is 10.1 Å². The van der Waals surface area contributed by atoms with E-state index in [4.69, 9.17) is 11.6 Å². The summed E-state index contributed by atoms with van der Waals surface area (Å²) in [6.45, 7) is 1.76. The van der Waals surface area contributed by atoms with E-state index in [9.17, 15) is 14.0 Å². The Morgan fingerprint density at radius 2 is 1.76 bits per heavy atom. The molecule has 4 nitrogen and oxygen atoms in total. The van der Waals surface area contributed by atoms with E-state index in [-0.39, 0.29) is 11.5 Å². The number of benzene rings is 2. The van der Waals surface area contributed by atoms with Crippen molar-refractivity contribution < 1.29 is 14.0 Å². The lowest BCUT2D eigenvalue weighted by Crippen LogP contribution is -2.25. The molecule has 0 aliphatic heterocycles. The zero-order chi connectivity index (χ0) is 20.5. The second-order valence-corrected chi connectivity index (χ2v) is 7.01. The molecule has 2 aromatic carbocycles. The van der Waals surface area contributed by atoms with Crippen LogP contribution in [0.15, 0.2) is 72.9 Å². The van der Waals surface area contributed by atoms with Crippen molar-refractivity contribution in [1.82, 2.24) is 4.40 Å². The molecule has 4 aromatic rings. The highest BCUT2D eigenvalue weighted by Crippen LogP contribution is 2.29. The summed E-state index contributed by atoms with van der Waals surface area (Å²) in [7, 11) is 0. The van der Waals surface area contributed by atoms with E-state index in [2.05, 4.69) is 5.32 Å². The van der Waals surface area contributed by atoms with Crippen molar-refractivity contribution in [3.8, 4) is 11.1 Å². The maximum absolute atomic E-state index is 13.4. The first-order chi connectivity index (χ1) is 14.0. The van der Waals surface area contributed by atoms with Crippen molar-refractivity contribution in [3.63, 3.8) is 0 Å². The highest BCUT2D eigenvalue weighted by molar-refractivity contribution is 6.47. The maximum atomic E-state index is 13.4. The number of anilines is 1. The van der Waals surface area contributed by atoms with Gasteiger partial charge in [-0.25, -0.2) is 4.39 Å². The summed E-state index contributed by atoms with van der Waals surface area (Å²) >= 11 is 6.10. The summed E-state index contributed by atoms with van der Waals surface area (Å²) in [6.07, 6.45) is 1.72. The smallest absolute Gasteiger partial charge is 0.298 e. The molecule has 144 valence electrons. The summed E-state index contributed by atoms with van der Waals surface area (Å²) < 4.78 is 15.0. The number of hydrogen-bond donors (Lipinski definition) is 1. The molecule has 1 N–H and O–H groups in total. The average Bonchev–Trinajstić information content (AvgIpc) is 3.10. The third-order valence-electron chi connectivity index (χ3n) is 4.77. The molecule has 29 heavy (non-hydrogen) atoms. The Kier molecular flexibility index (Phi) is 4.91. The van der Waals surface area contributed by atoms with Gasteiger partial charge in [-0.05, 0) is 60.5 Å². The van der Waals surface area contributed by atoms with Crippen molar-refractivity contribution in [2.45, 2.75) is 6.92 Å². The van der Waals surface area contributed by atoms with Crippen LogP contribution in [0.5, 0.6) is 0 Å². The van der Waals surface area contributed by atoms with E-state index in [1.165, 1.54) is 12.1 Å². The lowest BCUT2D eigenvalue weighted by Gasteiger charge is -2.10. The topological polar surface area (TPSA) is 50.6 Å². The number of carbonyl (C=O) groups is 2. The van der Waals surface area contributed by atoms with Crippen molar-refractivity contribution in [2.75, 3.05) is 5.32 Å². The molecule has 6 heteroatoms. The molecule has 1 amide bonds. The lowest BCUT2D eigenvalue weighted by atomic mass is 10.0. The minimum atomic E-state index is -0.775. The minimum Gasteiger partial charge on any atom is -0.319 e. The van der Waals surface area contributed by atoms with Gasteiger partial charge in [-0.15, -0.1) is 0 Å². The van der Waals surface area contributed by atoms with Crippen LogP contribution in [-0.2, 0) is 4.79 Å². The zero-order valence-corrected chi connectivity index (χ0v) is 16.2. The number of nitrogens with zero attached hydrogens (tertiary/aromatic N) is 1. The summed E-state index contributed by atoms with van der Waals surface area (Å²) in [5, 5.41) is 3.14. The van der Waals surface area contributed by atoms with E-state index in [1.807, 2.05) is 12.1 Å². The molecule has 0 bridgehead atoms. The Morgan fingerprint density at radius 3 is 2.52 bits per heavy atom. The molecule has 0 unspecified atom stereocenters. The van der Waals surface area contributed by atoms with Gasteiger partial charge in [0.25, 0.3) is 11.7 Å². The van der Waals surface area contributed by atoms with Crippen molar-refractivity contribution in [1.29, 1.82) is 0 Å². The second-order valence-electron chi connectivity index (χ2n) is 6.60. The van der Waals surface area contributed by atoms with E-state index in [0.29, 0.717) is 27.4 Å². The number of Topliss-reactive ketones (excluding diaryl/α,β-unsaturated/α-hetero) is 1. The Bertz CT molecular complexity index is 1250. The number of nitrogens with one attached hydrogen (secondary N) is 1. The predicted molar refractivity (Wildman–Crippen MR) is 112 cm³/mol. The van der Waals surface area contributed by atoms with Crippen molar-refractivity contribution >= 4 is 34.5 Å². The van der Waals surface area contributed by atoms with Gasteiger partial charge in [0.1, 0.15) is 11.5 Å². The molecular formula is C23H16ClFN2O2. The number of hydrogen-bond acceptors (Lipinski definition) is 2. The Morgan fingerprint density at radius 1 is 1.00 bits per heavy atom. The third-order valence-corrected chi connectivity index (χ3v) is 5.18. The number of carbonyl (C=O) groups excluding carboxylic acids is 2. The lowest BCUT2D eigenvalue weighted by molar-refractivity contribution is -0.112. The fourth-order valence-electron chi connectivity index (χ4n) is 3.23. The fraction of sp³-hybridized carbons (Fsp3) is 0.0435. The number of pyridine rings is 1. The monoisotopic (exact) mass is 406 g/mol. The zero-order valence-electron chi connectivity index (χ0n) is 15.4. The van der Waals surface area contributed by atoms with E-state index >= 15 is 0 Å². The molecule has 0 aliphatic rings. The number of halogens is 2. The standard InChI is InChI=1S/C23H16ClFN2O2/c1-14-19(24)6-4-7-20(14)26-23(29)22(28)21-18(15-8-10-16(25)11-9-15)13-17-5-2-3-12-27(17)21/h2-13H,1H3,(H,26,29). The third kappa shape index (κ3) is 3.52. The van der Waals surface area contributed by atoms with Crippen molar-refractivity contribution in [3.05, 3.63) is 95.0 Å². The van der Waals surface area contributed by atoms with Gasteiger partial charge in [-0.1, -0.05) is 35.9 Å². The summed E-state index contributed by atoms with van der Waals surface area (Å²) in [5.41, 5.74) is 3.31. The number of rotatable bonds is 4. The molecule has 4 rings (SSSR count). The second kappa shape index (κ2) is 7.53. The van der Waals surface area contributed by atoms with Gasteiger partial charge < -0.3 is 9.72 Å². The minimum absolute atomic E-state index is 0.212. The quantitative estimate of drug-likeness (QED) is 0.358. The van der Waals surface area contributed by atoms with Crippen LogP contribution in [0, 0.1) is 12.7 Å². The van der Waals surface area contributed by atoms with Gasteiger partial charge in [0.2, 0.25) is 0 Å². The van der Waals surface area contributed by atoms with Gasteiger partial charge in [-0.3, -0.25) is 9.59 Å². The SMILES string of the molecule is Cc1c(Cl)cccc1NC(=O)C(=O)c1c(-c2ccc(F)cc2)cc2ccccn12. The predicted octanol–water partition coefficient (Wildman–Crippen LogP) is 5.53. The molecular weight excluding hydrogens is 391 g/mol. The van der Waals surface area contributed by atoms with Crippen LogP contribution in [-0.4, -0.2) is 16.1 Å². The van der Waals surface area contributed by atoms with Crippen LogP contribution >= 0.6 is 11.6 Å². The van der Waals surface area contributed by atoms with E-state index in [1.54, 1.807) is 60.0 Å². The first-order valence-electron chi connectivity index (χ1n) is 8.92. The first kappa shape index (κ1) is 18.9. The molecule has 0 radical (unpaired) electrons. The Balaban J connectivity index is 1.78.